The number of nitrogens with one attached hydrogen (secondary N) is 2. The predicted octanol–water partition coefficient (Wildman–Crippen LogP) is 3.72. The van der Waals surface area contributed by atoms with E-state index in [2.05, 4.69) is 20.7 Å². The van der Waals surface area contributed by atoms with E-state index in [0.717, 1.165) is 35.6 Å². The van der Waals surface area contributed by atoms with E-state index in [9.17, 15) is 14.7 Å². The molecule has 0 saturated carbocycles. The van der Waals surface area contributed by atoms with Gasteiger partial charge in [0, 0.05) is 48.9 Å². The van der Waals surface area contributed by atoms with E-state index in [-0.39, 0.29) is 30.4 Å². The molecule has 160 valence electrons. The molecule has 7 heteroatoms. The van der Waals surface area contributed by atoms with E-state index in [1.54, 1.807) is 12.1 Å². The lowest BCUT2D eigenvalue weighted by Gasteiger charge is -2.21. The number of hydrogen-bond acceptors (Lipinski definition) is 5. The Morgan fingerprint density at radius 3 is 2.37 bits per heavy atom. The monoisotopic (exact) mass is 410 g/mol. The van der Waals surface area contributed by atoms with Crippen LogP contribution in [0.1, 0.15) is 43.4 Å². The summed E-state index contributed by atoms with van der Waals surface area (Å²) in [7, 11) is 0. The van der Waals surface area contributed by atoms with Crippen LogP contribution in [0.25, 0.3) is 0 Å². The summed E-state index contributed by atoms with van der Waals surface area (Å²) in [6, 6.07) is 11.1. The molecule has 0 unspecified atom stereocenters. The number of aryl methyl sites for hydroxylation is 2. The van der Waals surface area contributed by atoms with E-state index in [0.29, 0.717) is 5.56 Å². The number of hydrogen-bond donors (Lipinski definition) is 3. The lowest BCUT2D eigenvalue weighted by Crippen LogP contribution is -2.21. The molecule has 0 aromatic heterocycles. The molecule has 3 N–H and O–H groups in total. The number of phenols is 1. The second-order valence-electron chi connectivity index (χ2n) is 7.08. The van der Waals surface area contributed by atoms with Gasteiger partial charge in [0.15, 0.2) is 0 Å². The third kappa shape index (κ3) is 6.62. The smallest absolute Gasteiger partial charge is 0.240 e. The van der Waals surface area contributed by atoms with Crippen LogP contribution >= 0.6 is 0 Å². The van der Waals surface area contributed by atoms with Crippen molar-refractivity contribution in [3.8, 4) is 5.75 Å². The van der Waals surface area contributed by atoms with Gasteiger partial charge < -0.3 is 15.3 Å². The Balaban J connectivity index is 1.82. The SMILES string of the molecule is CCN(CC)c1ccc(/C=N/NC(=O)CCC(=O)Nc2ccc(C)cc2C)c(O)c1. The number of rotatable bonds is 9. The minimum Gasteiger partial charge on any atom is -0.507 e. The van der Waals surface area contributed by atoms with Gasteiger partial charge in [-0.15, -0.1) is 0 Å². The van der Waals surface area contributed by atoms with E-state index in [1.165, 1.54) is 6.21 Å². The molecule has 0 saturated heterocycles. The van der Waals surface area contributed by atoms with Crippen LogP contribution in [0.3, 0.4) is 0 Å². The molecule has 7 nitrogen and oxygen atoms in total. The Kier molecular flexibility index (Phi) is 8.41. The molecule has 0 fully saturated rings. The molecule has 0 aliphatic heterocycles. The first-order valence-corrected chi connectivity index (χ1v) is 10.1. The zero-order valence-electron chi connectivity index (χ0n) is 18.0. The number of nitrogens with zero attached hydrogens (tertiary/aromatic N) is 2. The van der Waals surface area contributed by atoms with Gasteiger partial charge in [-0.3, -0.25) is 9.59 Å². The molecule has 30 heavy (non-hydrogen) atoms. The van der Waals surface area contributed by atoms with Crippen molar-refractivity contribution in [3.05, 3.63) is 53.1 Å². The Hall–Kier alpha value is -3.35. The zero-order chi connectivity index (χ0) is 22.1. The van der Waals surface area contributed by atoms with Crippen molar-refractivity contribution in [2.75, 3.05) is 23.3 Å². The maximum absolute atomic E-state index is 12.1. The Morgan fingerprint density at radius 2 is 1.73 bits per heavy atom. The highest BCUT2D eigenvalue weighted by atomic mass is 16.3. The van der Waals surface area contributed by atoms with Crippen LogP contribution in [0.2, 0.25) is 0 Å². The van der Waals surface area contributed by atoms with Gasteiger partial charge in [-0.25, -0.2) is 5.43 Å². The summed E-state index contributed by atoms with van der Waals surface area (Å²) >= 11 is 0. The van der Waals surface area contributed by atoms with Gasteiger partial charge in [0.1, 0.15) is 5.75 Å². The number of aromatic hydroxyl groups is 1. The average molecular weight is 411 g/mol. The fraction of sp³-hybridized carbons (Fsp3) is 0.348. The highest BCUT2D eigenvalue weighted by molar-refractivity contribution is 5.94. The van der Waals surface area contributed by atoms with E-state index >= 15 is 0 Å². The standard InChI is InChI=1S/C23H30N4O3/c1-5-27(6-2)19-9-8-18(21(28)14-19)15-24-26-23(30)12-11-22(29)25-20-10-7-16(3)13-17(20)4/h7-10,13-15,28H,5-6,11-12H2,1-4H3,(H,25,29)(H,26,30)/b24-15+. The maximum atomic E-state index is 12.1. The molecule has 0 spiro atoms. The van der Waals surface area contributed by atoms with Crippen molar-refractivity contribution < 1.29 is 14.7 Å². The number of phenolic OH excluding ortho intramolecular Hbond substituents is 1. The summed E-state index contributed by atoms with van der Waals surface area (Å²) in [5, 5.41) is 16.9. The third-order valence-corrected chi connectivity index (χ3v) is 4.77. The van der Waals surface area contributed by atoms with Gasteiger partial charge in [0.2, 0.25) is 11.8 Å². The summed E-state index contributed by atoms with van der Waals surface area (Å²) in [4.78, 5) is 26.1. The fourth-order valence-electron chi connectivity index (χ4n) is 3.05. The van der Waals surface area contributed by atoms with Crippen LogP contribution in [0.4, 0.5) is 11.4 Å². The third-order valence-electron chi connectivity index (χ3n) is 4.77. The fourth-order valence-corrected chi connectivity index (χ4v) is 3.05. The average Bonchev–Trinajstić information content (AvgIpc) is 2.71. The van der Waals surface area contributed by atoms with Crippen LogP contribution in [-0.4, -0.2) is 36.2 Å². The molecule has 0 aliphatic rings. The molecular weight excluding hydrogens is 380 g/mol. The van der Waals surface area contributed by atoms with Crippen LogP contribution in [0.5, 0.6) is 5.75 Å². The summed E-state index contributed by atoms with van der Waals surface area (Å²) in [5.41, 5.74) is 6.65. The molecule has 0 bridgehead atoms. The first-order valence-electron chi connectivity index (χ1n) is 10.1. The number of carbonyl (C=O) groups excluding carboxylic acids is 2. The Labute approximate surface area is 177 Å². The number of carbonyl (C=O) groups is 2. The van der Waals surface area contributed by atoms with E-state index in [4.69, 9.17) is 0 Å². The van der Waals surface area contributed by atoms with Gasteiger partial charge in [0.05, 0.1) is 6.21 Å². The van der Waals surface area contributed by atoms with E-state index < -0.39 is 0 Å². The molecule has 2 amide bonds. The van der Waals surface area contributed by atoms with Gasteiger partial charge in [-0.2, -0.15) is 5.10 Å². The van der Waals surface area contributed by atoms with Crippen molar-refractivity contribution in [2.24, 2.45) is 5.10 Å². The van der Waals surface area contributed by atoms with Gasteiger partial charge in [-0.05, 0) is 51.5 Å². The molecule has 0 aliphatic carbocycles. The second kappa shape index (κ2) is 11.0. The zero-order valence-corrected chi connectivity index (χ0v) is 18.0. The van der Waals surface area contributed by atoms with Crippen LogP contribution in [0, 0.1) is 13.8 Å². The normalized spacial score (nSPS) is 10.8. The highest BCUT2D eigenvalue weighted by Gasteiger charge is 2.09. The number of anilines is 2. The van der Waals surface area contributed by atoms with Crippen LogP contribution in [0.15, 0.2) is 41.5 Å². The minimum absolute atomic E-state index is 0.0148. The molecule has 2 aromatic carbocycles. The van der Waals surface area contributed by atoms with Gasteiger partial charge in [0.25, 0.3) is 0 Å². The summed E-state index contributed by atoms with van der Waals surface area (Å²) < 4.78 is 0. The number of hydrazone groups is 1. The van der Waals surface area contributed by atoms with Crippen molar-refractivity contribution in [1.29, 1.82) is 0 Å². The molecule has 0 atom stereocenters. The molecule has 2 rings (SSSR count). The van der Waals surface area contributed by atoms with E-state index in [1.807, 2.05) is 52.0 Å². The lowest BCUT2D eigenvalue weighted by molar-refractivity contribution is -0.124. The summed E-state index contributed by atoms with van der Waals surface area (Å²) in [6.45, 7) is 9.70. The summed E-state index contributed by atoms with van der Waals surface area (Å²) in [6.07, 6.45) is 1.45. The minimum atomic E-state index is -0.374. The highest BCUT2D eigenvalue weighted by Crippen LogP contribution is 2.23. The quantitative estimate of drug-likeness (QED) is 0.434. The van der Waals surface area contributed by atoms with Gasteiger partial charge in [-0.1, -0.05) is 17.7 Å². The van der Waals surface area contributed by atoms with Crippen molar-refractivity contribution in [1.82, 2.24) is 5.43 Å². The first kappa shape index (κ1) is 22.9. The number of amides is 2. The van der Waals surface area contributed by atoms with Crippen molar-refractivity contribution in [3.63, 3.8) is 0 Å². The lowest BCUT2D eigenvalue weighted by atomic mass is 10.1. The second-order valence-corrected chi connectivity index (χ2v) is 7.08. The molecule has 0 radical (unpaired) electrons. The number of benzene rings is 2. The molecular formula is C23H30N4O3. The maximum Gasteiger partial charge on any atom is 0.240 e. The molecule has 2 aromatic rings. The Bertz CT molecular complexity index is 921. The van der Waals surface area contributed by atoms with Crippen LogP contribution < -0.4 is 15.6 Å². The summed E-state index contributed by atoms with van der Waals surface area (Å²) in [5.74, 6) is -0.516. The van der Waals surface area contributed by atoms with Crippen molar-refractivity contribution in [2.45, 2.75) is 40.5 Å². The Morgan fingerprint density at radius 1 is 1.03 bits per heavy atom. The molecule has 0 heterocycles. The van der Waals surface area contributed by atoms with Crippen LogP contribution in [-0.2, 0) is 9.59 Å². The van der Waals surface area contributed by atoms with Crippen molar-refractivity contribution >= 4 is 29.4 Å². The first-order chi connectivity index (χ1) is 14.3. The topological polar surface area (TPSA) is 94.0 Å². The van der Waals surface area contributed by atoms with Gasteiger partial charge >= 0.3 is 0 Å². The largest absolute Gasteiger partial charge is 0.507 e. The predicted molar refractivity (Wildman–Crippen MR) is 121 cm³/mol.